The highest BCUT2D eigenvalue weighted by Gasteiger charge is 2.29. The Morgan fingerprint density at radius 2 is 1.57 bits per heavy atom. The molecule has 0 rings (SSSR count). The van der Waals surface area contributed by atoms with Gasteiger partial charge in [-0.1, -0.05) is 0 Å². The van der Waals surface area contributed by atoms with Crippen molar-refractivity contribution in [1.29, 1.82) is 0 Å². The maximum Gasteiger partial charge on any atom is 0.151 e. The van der Waals surface area contributed by atoms with Crippen molar-refractivity contribution in [3.8, 4) is 0 Å². The van der Waals surface area contributed by atoms with Gasteiger partial charge in [0.1, 0.15) is 24.4 Å². The lowest BCUT2D eigenvalue weighted by atomic mass is 10.0. The number of rotatable bonds is 5. The minimum Gasteiger partial charge on any atom is -0.394 e. The SMILES string of the molecule is CN.O=CC(O)C(O)C(O)C(O)CO. The summed E-state index contributed by atoms with van der Waals surface area (Å²) in [6, 6.07) is 0. The number of hydrogen-bond donors (Lipinski definition) is 6. The molecule has 7 N–H and O–H groups in total. The summed E-state index contributed by atoms with van der Waals surface area (Å²) in [5.74, 6) is 0. The molecule has 4 atom stereocenters. The third-order valence-electron chi connectivity index (χ3n) is 1.42. The van der Waals surface area contributed by atoms with E-state index in [0.29, 0.717) is 0 Å². The minimum atomic E-state index is -1.79. The van der Waals surface area contributed by atoms with E-state index in [-0.39, 0.29) is 6.29 Å². The molecule has 7 heteroatoms. The van der Waals surface area contributed by atoms with E-state index >= 15 is 0 Å². The van der Waals surface area contributed by atoms with Gasteiger partial charge in [-0.3, -0.25) is 0 Å². The van der Waals surface area contributed by atoms with Gasteiger partial charge in [0, 0.05) is 0 Å². The monoisotopic (exact) mass is 211 g/mol. The van der Waals surface area contributed by atoms with Crippen molar-refractivity contribution in [2.24, 2.45) is 5.73 Å². The minimum absolute atomic E-state index is 0.0258. The van der Waals surface area contributed by atoms with Gasteiger partial charge in [-0.05, 0) is 7.05 Å². The second-order valence-electron chi connectivity index (χ2n) is 2.36. The van der Waals surface area contributed by atoms with E-state index < -0.39 is 31.0 Å². The summed E-state index contributed by atoms with van der Waals surface area (Å²) < 4.78 is 0. The molecule has 4 unspecified atom stereocenters. The molecule has 0 heterocycles. The molecule has 0 saturated carbocycles. The van der Waals surface area contributed by atoms with Crippen LogP contribution in [0, 0.1) is 0 Å². The predicted molar refractivity (Wildman–Crippen MR) is 47.3 cm³/mol. The molecule has 7 nitrogen and oxygen atoms in total. The number of nitrogens with two attached hydrogens (primary N) is 1. The molecule has 0 spiro atoms. The second-order valence-corrected chi connectivity index (χ2v) is 2.36. The molecule has 0 aromatic rings. The first-order chi connectivity index (χ1) is 6.54. The molecule has 0 saturated heterocycles. The highest BCUT2D eigenvalue weighted by atomic mass is 16.4. The van der Waals surface area contributed by atoms with Gasteiger partial charge in [-0.2, -0.15) is 0 Å². The highest BCUT2D eigenvalue weighted by Crippen LogP contribution is 2.02. The van der Waals surface area contributed by atoms with Crippen LogP contribution in [0.2, 0.25) is 0 Å². The highest BCUT2D eigenvalue weighted by molar-refractivity contribution is 5.56. The lowest BCUT2D eigenvalue weighted by Gasteiger charge is -2.22. The van der Waals surface area contributed by atoms with E-state index in [0.717, 1.165) is 0 Å². The number of carbonyl (C=O) groups excluding carboxylic acids is 1. The van der Waals surface area contributed by atoms with E-state index in [9.17, 15) is 4.79 Å². The molecule has 0 radical (unpaired) electrons. The molecular weight excluding hydrogens is 194 g/mol. The molecule has 14 heavy (non-hydrogen) atoms. The normalized spacial score (nSPS) is 18.5. The Morgan fingerprint density at radius 3 is 1.86 bits per heavy atom. The van der Waals surface area contributed by atoms with Crippen LogP contribution in [0.3, 0.4) is 0 Å². The zero-order valence-electron chi connectivity index (χ0n) is 7.82. The maximum atomic E-state index is 9.90. The number of hydrogen-bond acceptors (Lipinski definition) is 7. The first-order valence-corrected chi connectivity index (χ1v) is 3.90. The van der Waals surface area contributed by atoms with Crippen LogP contribution >= 0.6 is 0 Å². The summed E-state index contributed by atoms with van der Waals surface area (Å²) in [6.45, 7) is -0.760. The van der Waals surface area contributed by atoms with Gasteiger partial charge in [0.25, 0.3) is 0 Å². The van der Waals surface area contributed by atoms with E-state index in [1.54, 1.807) is 0 Å². The number of aliphatic hydroxyl groups excluding tert-OH is 5. The van der Waals surface area contributed by atoms with Crippen molar-refractivity contribution < 1.29 is 30.3 Å². The van der Waals surface area contributed by atoms with Crippen molar-refractivity contribution >= 4 is 6.29 Å². The summed E-state index contributed by atoms with van der Waals surface area (Å²) >= 11 is 0. The zero-order valence-corrected chi connectivity index (χ0v) is 7.82. The molecule has 0 aliphatic rings. The molecule has 86 valence electrons. The van der Waals surface area contributed by atoms with E-state index in [2.05, 4.69) is 5.73 Å². The molecule has 0 amide bonds. The standard InChI is InChI=1S/C6H12O6.CH5N/c7-1-3(9)5(11)6(12)4(10)2-8;1-2/h1,3-6,8-12H,2H2;2H2,1H3. The molecule has 0 aliphatic heterocycles. The van der Waals surface area contributed by atoms with Crippen molar-refractivity contribution in [3.63, 3.8) is 0 Å². The van der Waals surface area contributed by atoms with Crippen LogP contribution in [-0.4, -0.2) is 69.9 Å². The van der Waals surface area contributed by atoms with Crippen LogP contribution in [0.1, 0.15) is 0 Å². The van der Waals surface area contributed by atoms with Gasteiger partial charge in [-0.25, -0.2) is 0 Å². The van der Waals surface area contributed by atoms with Crippen LogP contribution in [0.15, 0.2) is 0 Å². The fourth-order valence-corrected chi connectivity index (χ4v) is 0.618. The molecule has 0 aromatic heterocycles. The Labute approximate surface area is 81.4 Å². The first kappa shape index (κ1) is 15.9. The van der Waals surface area contributed by atoms with Crippen LogP contribution in [-0.2, 0) is 4.79 Å². The lowest BCUT2D eigenvalue weighted by Crippen LogP contribution is -2.46. The predicted octanol–water partition coefficient (Wildman–Crippen LogP) is -3.80. The third-order valence-corrected chi connectivity index (χ3v) is 1.42. The van der Waals surface area contributed by atoms with Crippen molar-refractivity contribution in [1.82, 2.24) is 0 Å². The Balaban J connectivity index is 0. The molecular formula is C7H17NO6. The van der Waals surface area contributed by atoms with Gasteiger partial charge >= 0.3 is 0 Å². The van der Waals surface area contributed by atoms with Crippen molar-refractivity contribution in [2.75, 3.05) is 13.7 Å². The number of carbonyl (C=O) groups is 1. The van der Waals surface area contributed by atoms with Crippen LogP contribution in [0.25, 0.3) is 0 Å². The molecule has 0 aromatic carbocycles. The third kappa shape index (κ3) is 5.22. The topological polar surface area (TPSA) is 144 Å². The molecule has 0 aliphatic carbocycles. The first-order valence-electron chi connectivity index (χ1n) is 3.90. The summed E-state index contributed by atoms with van der Waals surface area (Å²) in [5.41, 5.74) is 4.50. The van der Waals surface area contributed by atoms with Crippen LogP contribution in [0.4, 0.5) is 0 Å². The zero-order chi connectivity index (χ0) is 11.7. The second kappa shape index (κ2) is 9.00. The Kier molecular flexibility index (Phi) is 10.2. The van der Waals surface area contributed by atoms with Gasteiger partial charge in [-0.15, -0.1) is 0 Å². The van der Waals surface area contributed by atoms with Crippen LogP contribution in [0.5, 0.6) is 0 Å². The summed E-state index contributed by atoms with van der Waals surface area (Å²) in [5, 5.41) is 43.5. The number of aldehydes is 1. The van der Waals surface area contributed by atoms with Gasteiger partial charge < -0.3 is 36.1 Å². The Bertz CT molecular complexity index is 144. The fraction of sp³-hybridized carbons (Fsp3) is 0.857. The fourth-order valence-electron chi connectivity index (χ4n) is 0.618. The molecule has 0 fully saturated rings. The van der Waals surface area contributed by atoms with Gasteiger partial charge in [0.15, 0.2) is 6.29 Å². The van der Waals surface area contributed by atoms with Gasteiger partial charge in [0.2, 0.25) is 0 Å². The Hall–Kier alpha value is -0.570. The van der Waals surface area contributed by atoms with Crippen molar-refractivity contribution in [3.05, 3.63) is 0 Å². The van der Waals surface area contributed by atoms with E-state index in [1.165, 1.54) is 7.05 Å². The smallest absolute Gasteiger partial charge is 0.151 e. The quantitative estimate of drug-likeness (QED) is 0.256. The van der Waals surface area contributed by atoms with Crippen LogP contribution < -0.4 is 5.73 Å². The Morgan fingerprint density at radius 1 is 1.14 bits per heavy atom. The van der Waals surface area contributed by atoms with Crippen molar-refractivity contribution in [2.45, 2.75) is 24.4 Å². The summed E-state index contributed by atoms with van der Waals surface area (Å²) in [7, 11) is 1.50. The number of aliphatic hydroxyl groups is 5. The summed E-state index contributed by atoms with van der Waals surface area (Å²) in [6.07, 6.45) is -6.84. The average Bonchev–Trinajstić information content (AvgIpc) is 2.27. The summed E-state index contributed by atoms with van der Waals surface area (Å²) in [4.78, 5) is 9.90. The lowest BCUT2D eigenvalue weighted by molar-refractivity contribution is -0.136. The average molecular weight is 211 g/mol. The van der Waals surface area contributed by atoms with E-state index in [4.69, 9.17) is 25.5 Å². The van der Waals surface area contributed by atoms with E-state index in [1.807, 2.05) is 0 Å². The van der Waals surface area contributed by atoms with Gasteiger partial charge in [0.05, 0.1) is 6.61 Å². The largest absolute Gasteiger partial charge is 0.394 e. The maximum absolute atomic E-state index is 9.90. The molecule has 0 bridgehead atoms.